The first-order valence-electron chi connectivity index (χ1n) is 6.48. The summed E-state index contributed by atoms with van der Waals surface area (Å²) in [5.74, 6) is -2.55. The lowest BCUT2D eigenvalue weighted by atomic mass is 10.2. The Morgan fingerprint density at radius 2 is 1.88 bits per heavy atom. The van der Waals surface area contributed by atoms with Gasteiger partial charge in [0, 0.05) is 11.1 Å². The van der Waals surface area contributed by atoms with E-state index in [9.17, 15) is 19.7 Å². The molecule has 0 saturated carbocycles. The van der Waals surface area contributed by atoms with Crippen LogP contribution >= 0.6 is 11.6 Å². The molecule has 0 unspecified atom stereocenters. The molecule has 9 heteroatoms. The zero-order valence-corrected chi connectivity index (χ0v) is 12.7. The minimum absolute atomic E-state index is 0.103. The maximum atomic E-state index is 11.8. The number of nitro groups is 1. The number of carbonyl (C=O) groups excluding carboxylic acids is 1. The third-order valence-electron chi connectivity index (χ3n) is 2.80. The van der Waals surface area contributed by atoms with Crippen LogP contribution in [0.2, 0.25) is 5.02 Å². The number of para-hydroxylation sites is 2. The quantitative estimate of drug-likeness (QED) is 0.368. The Morgan fingerprint density at radius 3 is 2.54 bits per heavy atom. The van der Waals surface area contributed by atoms with Crippen molar-refractivity contribution in [1.82, 2.24) is 0 Å². The fraction of sp³-hybridized carbons (Fsp3) is 0.0667. The third kappa shape index (κ3) is 4.20. The normalized spacial score (nSPS) is 10.0. The maximum Gasteiger partial charge on any atom is 0.349 e. The number of carboxylic acid groups (broad SMARTS) is 1. The Hall–Kier alpha value is -3.13. The van der Waals surface area contributed by atoms with Gasteiger partial charge in [-0.1, -0.05) is 23.7 Å². The summed E-state index contributed by atoms with van der Waals surface area (Å²) in [7, 11) is 0. The molecule has 0 bridgehead atoms. The largest absolute Gasteiger partial charge is 0.478 e. The predicted molar refractivity (Wildman–Crippen MR) is 82.6 cm³/mol. The molecule has 2 rings (SSSR count). The number of ether oxygens (including phenoxy) is 2. The third-order valence-corrected chi connectivity index (χ3v) is 3.04. The summed E-state index contributed by atoms with van der Waals surface area (Å²) in [6.45, 7) is -0.632. The number of halogens is 1. The fourth-order valence-corrected chi connectivity index (χ4v) is 1.95. The van der Waals surface area contributed by atoms with Gasteiger partial charge in [0.15, 0.2) is 12.4 Å². The molecule has 2 aromatic rings. The summed E-state index contributed by atoms with van der Waals surface area (Å²) in [4.78, 5) is 33.1. The summed E-state index contributed by atoms with van der Waals surface area (Å²) in [5.41, 5.74) is -0.593. The molecule has 124 valence electrons. The molecule has 2 aromatic carbocycles. The van der Waals surface area contributed by atoms with Crippen LogP contribution in [0.5, 0.6) is 11.5 Å². The standard InChI is InChI=1S/C15H10ClNO7/c16-9-5-6-12(10(7-9)15(19)20)24-14(18)8-23-13-4-2-1-3-11(13)17(21)22/h1-7H,8H2,(H,19,20). The predicted octanol–water partition coefficient (Wildman–Crippen LogP) is 2.93. The van der Waals surface area contributed by atoms with Crippen molar-refractivity contribution >= 4 is 29.2 Å². The molecule has 0 spiro atoms. The first kappa shape index (κ1) is 17.2. The average Bonchev–Trinajstić information content (AvgIpc) is 2.54. The summed E-state index contributed by atoms with van der Waals surface area (Å²) < 4.78 is 9.98. The van der Waals surface area contributed by atoms with Crippen molar-refractivity contribution in [2.45, 2.75) is 0 Å². The smallest absolute Gasteiger partial charge is 0.349 e. The molecule has 0 heterocycles. The molecule has 0 radical (unpaired) electrons. The van der Waals surface area contributed by atoms with Crippen molar-refractivity contribution in [1.29, 1.82) is 0 Å². The molecular weight excluding hydrogens is 342 g/mol. The minimum Gasteiger partial charge on any atom is -0.478 e. The first-order chi connectivity index (χ1) is 11.4. The van der Waals surface area contributed by atoms with Crippen molar-refractivity contribution < 1.29 is 29.1 Å². The molecule has 0 saturated heterocycles. The second kappa shape index (κ2) is 7.42. The minimum atomic E-state index is -1.32. The van der Waals surface area contributed by atoms with Crippen LogP contribution in [0.4, 0.5) is 5.69 Å². The summed E-state index contributed by atoms with van der Waals surface area (Å²) in [6.07, 6.45) is 0. The van der Waals surface area contributed by atoms with Gasteiger partial charge in [0.2, 0.25) is 0 Å². The van der Waals surface area contributed by atoms with E-state index in [0.29, 0.717) is 0 Å². The molecule has 0 amide bonds. The van der Waals surface area contributed by atoms with Crippen LogP contribution in [0, 0.1) is 10.1 Å². The Morgan fingerprint density at radius 1 is 1.17 bits per heavy atom. The SMILES string of the molecule is O=C(COc1ccccc1[N+](=O)[O-])Oc1ccc(Cl)cc1C(=O)O. The van der Waals surface area contributed by atoms with Gasteiger partial charge >= 0.3 is 17.6 Å². The number of hydrogen-bond acceptors (Lipinski definition) is 6. The van der Waals surface area contributed by atoms with E-state index in [1.54, 1.807) is 0 Å². The molecule has 0 atom stereocenters. The molecule has 0 fully saturated rings. The summed E-state index contributed by atoms with van der Waals surface area (Å²) in [5, 5.41) is 20.1. The van der Waals surface area contributed by atoms with E-state index >= 15 is 0 Å². The highest BCUT2D eigenvalue weighted by molar-refractivity contribution is 6.31. The van der Waals surface area contributed by atoms with Crippen molar-refractivity contribution in [3.8, 4) is 11.5 Å². The van der Waals surface area contributed by atoms with Crippen LogP contribution in [-0.2, 0) is 4.79 Å². The number of esters is 1. The first-order valence-corrected chi connectivity index (χ1v) is 6.86. The van der Waals surface area contributed by atoms with Gasteiger partial charge in [-0.25, -0.2) is 9.59 Å². The Kier molecular flexibility index (Phi) is 5.33. The van der Waals surface area contributed by atoms with Crippen LogP contribution in [0.1, 0.15) is 10.4 Å². The van der Waals surface area contributed by atoms with Gasteiger partial charge in [-0.05, 0) is 24.3 Å². The Labute approximate surface area is 140 Å². The van der Waals surface area contributed by atoms with Gasteiger partial charge in [-0.15, -0.1) is 0 Å². The van der Waals surface area contributed by atoms with E-state index in [2.05, 4.69) is 0 Å². The highest BCUT2D eigenvalue weighted by Crippen LogP contribution is 2.26. The second-order valence-corrected chi connectivity index (χ2v) is 4.87. The lowest BCUT2D eigenvalue weighted by molar-refractivity contribution is -0.385. The number of hydrogen-bond donors (Lipinski definition) is 1. The maximum absolute atomic E-state index is 11.8. The van der Waals surface area contributed by atoms with E-state index in [1.165, 1.54) is 36.4 Å². The molecular formula is C15H10ClNO7. The molecule has 24 heavy (non-hydrogen) atoms. The van der Waals surface area contributed by atoms with Crippen molar-refractivity contribution in [2.75, 3.05) is 6.61 Å². The fourth-order valence-electron chi connectivity index (χ4n) is 1.78. The van der Waals surface area contributed by atoms with Gasteiger partial charge in [0.05, 0.1) is 4.92 Å². The summed E-state index contributed by atoms with van der Waals surface area (Å²) >= 11 is 5.69. The van der Waals surface area contributed by atoms with E-state index in [0.717, 1.165) is 6.07 Å². The Balaban J connectivity index is 2.08. The second-order valence-electron chi connectivity index (χ2n) is 4.43. The van der Waals surface area contributed by atoms with Crippen LogP contribution in [0.3, 0.4) is 0 Å². The topological polar surface area (TPSA) is 116 Å². The van der Waals surface area contributed by atoms with Crippen LogP contribution < -0.4 is 9.47 Å². The highest BCUT2D eigenvalue weighted by atomic mass is 35.5. The number of nitro benzene ring substituents is 1. The van der Waals surface area contributed by atoms with E-state index in [1.807, 2.05) is 0 Å². The van der Waals surface area contributed by atoms with Gasteiger partial charge in [0.25, 0.3) is 0 Å². The van der Waals surface area contributed by atoms with Crippen LogP contribution in [0.15, 0.2) is 42.5 Å². The monoisotopic (exact) mass is 351 g/mol. The van der Waals surface area contributed by atoms with Crippen LogP contribution in [0.25, 0.3) is 0 Å². The van der Waals surface area contributed by atoms with Gasteiger partial charge in [-0.3, -0.25) is 10.1 Å². The molecule has 8 nitrogen and oxygen atoms in total. The van der Waals surface area contributed by atoms with Crippen molar-refractivity contribution in [3.05, 3.63) is 63.2 Å². The lowest BCUT2D eigenvalue weighted by Gasteiger charge is -2.09. The molecule has 0 aliphatic rings. The number of carbonyl (C=O) groups is 2. The summed E-state index contributed by atoms with van der Waals surface area (Å²) in [6, 6.07) is 9.24. The molecule has 0 aliphatic carbocycles. The number of carboxylic acids is 1. The highest BCUT2D eigenvalue weighted by Gasteiger charge is 2.18. The molecule has 0 aromatic heterocycles. The van der Waals surface area contributed by atoms with Crippen molar-refractivity contribution in [3.63, 3.8) is 0 Å². The number of benzene rings is 2. The number of rotatable bonds is 6. The van der Waals surface area contributed by atoms with Gasteiger partial charge in [-0.2, -0.15) is 0 Å². The Bertz CT molecular complexity index is 806. The molecule has 0 aliphatic heterocycles. The van der Waals surface area contributed by atoms with E-state index in [4.69, 9.17) is 26.2 Å². The van der Waals surface area contributed by atoms with Crippen molar-refractivity contribution in [2.24, 2.45) is 0 Å². The zero-order valence-electron chi connectivity index (χ0n) is 12.0. The van der Waals surface area contributed by atoms with E-state index in [-0.39, 0.29) is 27.8 Å². The molecule has 1 N–H and O–H groups in total. The van der Waals surface area contributed by atoms with E-state index < -0.39 is 23.5 Å². The number of nitrogens with zero attached hydrogens (tertiary/aromatic N) is 1. The average molecular weight is 352 g/mol. The number of aromatic carboxylic acids is 1. The van der Waals surface area contributed by atoms with Crippen LogP contribution in [-0.4, -0.2) is 28.6 Å². The lowest BCUT2D eigenvalue weighted by Crippen LogP contribution is -2.19. The van der Waals surface area contributed by atoms with Gasteiger partial charge in [0.1, 0.15) is 11.3 Å². The zero-order chi connectivity index (χ0) is 17.7. The van der Waals surface area contributed by atoms with Gasteiger partial charge < -0.3 is 14.6 Å².